The van der Waals surface area contributed by atoms with Crippen LogP contribution >= 0.6 is 11.8 Å². The molecule has 0 saturated carbocycles. The molecule has 0 aromatic carbocycles. The van der Waals surface area contributed by atoms with E-state index in [0.717, 1.165) is 5.57 Å². The summed E-state index contributed by atoms with van der Waals surface area (Å²) in [5.74, 6) is -0.230. The zero-order chi connectivity index (χ0) is 10.3. The first-order chi connectivity index (χ1) is 6.02. The normalized spacial score (nSPS) is 9.62. The van der Waals surface area contributed by atoms with Gasteiger partial charge >= 0.3 is 5.97 Å². The summed E-state index contributed by atoms with van der Waals surface area (Å²) in [6.45, 7) is 5.42. The Balaban J connectivity index is 3.37. The van der Waals surface area contributed by atoms with Crippen LogP contribution in [0.1, 0.15) is 26.2 Å². The number of thioether (sulfide) groups is 1. The molecule has 0 heterocycles. The fourth-order valence-corrected chi connectivity index (χ4v) is 1.57. The first-order valence-electron chi connectivity index (χ1n) is 4.04. The molecule has 0 aromatic rings. The van der Waals surface area contributed by atoms with Gasteiger partial charge in [-0.25, -0.2) is 0 Å². The van der Waals surface area contributed by atoms with E-state index < -0.39 is 5.97 Å². The van der Waals surface area contributed by atoms with Gasteiger partial charge in [0.15, 0.2) is 5.12 Å². The Kier molecular flexibility index (Phi) is 6.32. The number of carbonyl (C=O) groups is 2. The van der Waals surface area contributed by atoms with Crippen LogP contribution in [-0.4, -0.2) is 21.9 Å². The van der Waals surface area contributed by atoms with Crippen LogP contribution in [0.4, 0.5) is 0 Å². The summed E-state index contributed by atoms with van der Waals surface area (Å²) in [5.41, 5.74) is 0.843. The van der Waals surface area contributed by atoms with Crippen molar-refractivity contribution in [2.45, 2.75) is 26.2 Å². The molecular weight excluding hydrogens is 188 g/mol. The van der Waals surface area contributed by atoms with E-state index in [0.29, 0.717) is 18.6 Å². The van der Waals surface area contributed by atoms with Crippen LogP contribution in [-0.2, 0) is 9.59 Å². The first kappa shape index (κ1) is 12.2. The average molecular weight is 202 g/mol. The van der Waals surface area contributed by atoms with Crippen LogP contribution < -0.4 is 0 Å². The molecule has 0 rings (SSSR count). The van der Waals surface area contributed by atoms with Crippen molar-refractivity contribution in [2.75, 3.05) is 5.75 Å². The minimum Gasteiger partial charge on any atom is -0.481 e. The smallest absolute Gasteiger partial charge is 0.303 e. The van der Waals surface area contributed by atoms with Crippen molar-refractivity contribution >= 4 is 22.8 Å². The molecule has 0 aliphatic carbocycles. The summed E-state index contributed by atoms with van der Waals surface area (Å²) in [7, 11) is 0. The minimum atomic E-state index is -0.812. The highest BCUT2D eigenvalue weighted by Gasteiger charge is 2.03. The maximum absolute atomic E-state index is 11.1. The third-order valence-electron chi connectivity index (χ3n) is 1.24. The van der Waals surface area contributed by atoms with Gasteiger partial charge < -0.3 is 5.11 Å². The molecule has 0 atom stereocenters. The molecule has 0 aliphatic rings. The number of carboxylic acid groups (broad SMARTS) is 1. The first-order valence-corrected chi connectivity index (χ1v) is 5.02. The molecule has 0 unspecified atom stereocenters. The van der Waals surface area contributed by atoms with Gasteiger partial charge in [0, 0.05) is 18.6 Å². The number of carboxylic acids is 1. The van der Waals surface area contributed by atoms with Gasteiger partial charge in [0.1, 0.15) is 0 Å². The summed E-state index contributed by atoms with van der Waals surface area (Å²) < 4.78 is 0. The summed E-state index contributed by atoms with van der Waals surface area (Å²) in [5, 5.41) is 8.38. The predicted octanol–water partition coefficient (Wildman–Crippen LogP) is 2.08. The van der Waals surface area contributed by atoms with E-state index in [2.05, 4.69) is 6.58 Å². The highest BCUT2D eigenvalue weighted by atomic mass is 32.2. The van der Waals surface area contributed by atoms with Gasteiger partial charge in [-0.1, -0.05) is 23.9 Å². The highest BCUT2D eigenvalue weighted by Crippen LogP contribution is 2.11. The van der Waals surface area contributed by atoms with E-state index >= 15 is 0 Å². The van der Waals surface area contributed by atoms with Gasteiger partial charge in [0.25, 0.3) is 0 Å². The van der Waals surface area contributed by atoms with E-state index in [9.17, 15) is 9.59 Å². The second kappa shape index (κ2) is 6.71. The molecule has 13 heavy (non-hydrogen) atoms. The summed E-state index contributed by atoms with van der Waals surface area (Å²) >= 11 is 1.18. The zero-order valence-electron chi connectivity index (χ0n) is 7.71. The lowest BCUT2D eigenvalue weighted by molar-refractivity contribution is -0.137. The molecule has 0 radical (unpaired) electrons. The lowest BCUT2D eigenvalue weighted by atomic mass is 10.3. The van der Waals surface area contributed by atoms with Crippen molar-refractivity contribution < 1.29 is 14.7 Å². The number of allylic oxidation sites excluding steroid dienone is 1. The second-order valence-electron chi connectivity index (χ2n) is 2.85. The van der Waals surface area contributed by atoms with Crippen molar-refractivity contribution in [3.63, 3.8) is 0 Å². The fourth-order valence-electron chi connectivity index (χ4n) is 0.707. The number of carbonyl (C=O) groups excluding carboxylic acids is 1. The number of hydrogen-bond donors (Lipinski definition) is 1. The molecule has 0 amide bonds. The molecule has 3 nitrogen and oxygen atoms in total. The number of aliphatic carboxylic acids is 1. The highest BCUT2D eigenvalue weighted by molar-refractivity contribution is 8.13. The van der Waals surface area contributed by atoms with Crippen LogP contribution in [0.3, 0.4) is 0 Å². The molecule has 0 fully saturated rings. The van der Waals surface area contributed by atoms with E-state index in [1.807, 2.05) is 0 Å². The van der Waals surface area contributed by atoms with Gasteiger partial charge in [-0.3, -0.25) is 9.59 Å². The third kappa shape index (κ3) is 9.14. The Bertz CT molecular complexity index is 211. The molecule has 0 aromatic heterocycles. The number of rotatable bonds is 6. The maximum Gasteiger partial charge on any atom is 0.303 e. The van der Waals surface area contributed by atoms with E-state index in [-0.39, 0.29) is 11.5 Å². The van der Waals surface area contributed by atoms with Gasteiger partial charge in [0.2, 0.25) is 0 Å². The largest absolute Gasteiger partial charge is 0.481 e. The van der Waals surface area contributed by atoms with Crippen LogP contribution in [0.2, 0.25) is 0 Å². The van der Waals surface area contributed by atoms with Crippen LogP contribution in [0.5, 0.6) is 0 Å². The van der Waals surface area contributed by atoms with Crippen molar-refractivity contribution in [3.8, 4) is 0 Å². The molecule has 0 saturated heterocycles. The zero-order valence-corrected chi connectivity index (χ0v) is 8.52. The van der Waals surface area contributed by atoms with Gasteiger partial charge in [-0.2, -0.15) is 0 Å². The van der Waals surface area contributed by atoms with Crippen molar-refractivity contribution in [2.24, 2.45) is 0 Å². The average Bonchev–Trinajstić information content (AvgIpc) is 1.96. The SMILES string of the molecule is C=C(C)CC(=O)SCCCC(=O)O. The molecule has 74 valence electrons. The van der Waals surface area contributed by atoms with E-state index in [1.54, 1.807) is 6.92 Å². The standard InChI is InChI=1S/C9H14O3S/c1-7(2)6-9(12)13-5-3-4-8(10)11/h1,3-6H2,2H3,(H,10,11). The fraction of sp³-hybridized carbons (Fsp3) is 0.556. The Hall–Kier alpha value is -0.770. The Morgan fingerprint density at radius 1 is 1.46 bits per heavy atom. The van der Waals surface area contributed by atoms with E-state index in [4.69, 9.17) is 5.11 Å². The second-order valence-corrected chi connectivity index (χ2v) is 4.00. The maximum atomic E-state index is 11.1. The quantitative estimate of drug-likeness (QED) is 0.529. The Labute approximate surface area is 82.2 Å². The van der Waals surface area contributed by atoms with Crippen LogP contribution in [0.15, 0.2) is 12.2 Å². The molecule has 1 N–H and O–H groups in total. The molecular formula is C9H14O3S. The lowest BCUT2D eigenvalue weighted by Crippen LogP contribution is -1.98. The number of hydrogen-bond acceptors (Lipinski definition) is 3. The third-order valence-corrected chi connectivity index (χ3v) is 2.20. The van der Waals surface area contributed by atoms with Crippen molar-refractivity contribution in [3.05, 3.63) is 12.2 Å². The van der Waals surface area contributed by atoms with Gasteiger partial charge in [-0.15, -0.1) is 0 Å². The van der Waals surface area contributed by atoms with Gasteiger partial charge in [0.05, 0.1) is 0 Å². The summed E-state index contributed by atoms with van der Waals surface area (Å²) in [6.07, 6.45) is 1.06. The monoisotopic (exact) mass is 202 g/mol. The lowest BCUT2D eigenvalue weighted by Gasteiger charge is -1.98. The van der Waals surface area contributed by atoms with Gasteiger partial charge in [-0.05, 0) is 13.3 Å². The molecule has 4 heteroatoms. The predicted molar refractivity (Wildman–Crippen MR) is 53.8 cm³/mol. The Morgan fingerprint density at radius 2 is 2.08 bits per heavy atom. The topological polar surface area (TPSA) is 54.4 Å². The van der Waals surface area contributed by atoms with Crippen LogP contribution in [0.25, 0.3) is 0 Å². The Morgan fingerprint density at radius 3 is 2.54 bits per heavy atom. The molecule has 0 bridgehead atoms. The van der Waals surface area contributed by atoms with Crippen molar-refractivity contribution in [1.29, 1.82) is 0 Å². The van der Waals surface area contributed by atoms with Crippen LogP contribution in [0, 0.1) is 0 Å². The molecule has 0 aliphatic heterocycles. The summed E-state index contributed by atoms with van der Waals surface area (Å²) in [6, 6.07) is 0. The van der Waals surface area contributed by atoms with E-state index in [1.165, 1.54) is 11.8 Å². The molecule has 0 spiro atoms. The van der Waals surface area contributed by atoms with Crippen molar-refractivity contribution in [1.82, 2.24) is 0 Å². The summed E-state index contributed by atoms with van der Waals surface area (Å²) in [4.78, 5) is 21.2. The minimum absolute atomic E-state index is 0.0675.